The van der Waals surface area contributed by atoms with E-state index in [-0.39, 0.29) is 5.91 Å². The second-order valence-corrected chi connectivity index (χ2v) is 8.00. The fourth-order valence-corrected chi connectivity index (χ4v) is 4.38. The summed E-state index contributed by atoms with van der Waals surface area (Å²) < 4.78 is 1.71. The molecule has 132 valence electrons. The number of nitrogens with zero attached hydrogens (tertiary/aromatic N) is 2. The molecule has 0 saturated carbocycles. The third kappa shape index (κ3) is 3.32. The van der Waals surface area contributed by atoms with Gasteiger partial charge in [0.1, 0.15) is 5.82 Å². The summed E-state index contributed by atoms with van der Waals surface area (Å²) in [6.07, 6.45) is 0. The minimum atomic E-state index is -0.333. The topological polar surface area (TPSA) is 46.9 Å². The first-order valence-electron chi connectivity index (χ1n) is 7.74. The molecule has 4 rings (SSSR count). The molecule has 0 aliphatic carbocycles. The molecule has 0 unspecified atom stereocenters. The summed E-state index contributed by atoms with van der Waals surface area (Å²) in [7, 11) is 0. The van der Waals surface area contributed by atoms with Crippen LogP contribution in [0.4, 0.5) is 5.82 Å². The molecule has 1 aliphatic rings. The Morgan fingerprint density at radius 3 is 2.69 bits per heavy atom. The molecular weight excluding hydrogens is 413 g/mol. The second kappa shape index (κ2) is 7.16. The molecule has 1 amide bonds. The van der Waals surface area contributed by atoms with Crippen molar-refractivity contribution >= 4 is 58.3 Å². The van der Waals surface area contributed by atoms with E-state index in [1.54, 1.807) is 46.8 Å². The summed E-state index contributed by atoms with van der Waals surface area (Å²) >= 11 is 20.0. The molecule has 0 radical (unpaired) electrons. The van der Waals surface area contributed by atoms with Gasteiger partial charge in [0.25, 0.3) is 5.91 Å². The van der Waals surface area contributed by atoms with Gasteiger partial charge in [0.2, 0.25) is 0 Å². The Kier molecular flexibility index (Phi) is 4.88. The fourth-order valence-electron chi connectivity index (χ4n) is 2.78. The Hall–Kier alpha value is -1.66. The van der Waals surface area contributed by atoms with Gasteiger partial charge in [-0.3, -0.25) is 4.79 Å². The molecule has 0 spiro atoms. The Bertz CT molecular complexity index is 1020. The summed E-state index contributed by atoms with van der Waals surface area (Å²) in [4.78, 5) is 12.8. The number of benzene rings is 2. The Morgan fingerprint density at radius 2 is 1.88 bits per heavy atom. The van der Waals surface area contributed by atoms with Crippen LogP contribution in [0.25, 0.3) is 5.69 Å². The third-order valence-electron chi connectivity index (χ3n) is 4.01. The van der Waals surface area contributed by atoms with Gasteiger partial charge in [-0.2, -0.15) is 16.9 Å². The number of amides is 1. The smallest absolute Gasteiger partial charge is 0.258 e. The number of nitrogens with one attached hydrogen (secondary N) is 1. The van der Waals surface area contributed by atoms with Crippen LogP contribution in [0.5, 0.6) is 0 Å². The number of carbonyl (C=O) groups is 1. The lowest BCUT2D eigenvalue weighted by atomic mass is 10.2. The highest BCUT2D eigenvalue weighted by molar-refractivity contribution is 7.98. The van der Waals surface area contributed by atoms with Gasteiger partial charge >= 0.3 is 0 Å². The highest BCUT2D eigenvalue weighted by atomic mass is 35.5. The zero-order chi connectivity index (χ0) is 18.3. The maximum Gasteiger partial charge on any atom is 0.258 e. The molecule has 2 heterocycles. The molecule has 8 heteroatoms. The van der Waals surface area contributed by atoms with Crippen molar-refractivity contribution in [2.24, 2.45) is 0 Å². The van der Waals surface area contributed by atoms with Crippen LogP contribution in [0, 0.1) is 0 Å². The molecular formula is C18H12Cl3N3OS. The number of rotatable bonds is 3. The van der Waals surface area contributed by atoms with Gasteiger partial charge < -0.3 is 5.32 Å². The van der Waals surface area contributed by atoms with Crippen LogP contribution in [0.15, 0.2) is 42.5 Å². The highest BCUT2D eigenvalue weighted by Crippen LogP contribution is 2.36. The normalized spacial score (nSPS) is 12.9. The van der Waals surface area contributed by atoms with E-state index in [1.807, 2.05) is 12.1 Å². The van der Waals surface area contributed by atoms with Crippen molar-refractivity contribution in [3.63, 3.8) is 0 Å². The van der Waals surface area contributed by atoms with E-state index in [4.69, 9.17) is 34.8 Å². The molecule has 1 N–H and O–H groups in total. The largest absolute Gasteiger partial charge is 0.306 e. The molecule has 2 aromatic carbocycles. The molecule has 4 nitrogen and oxygen atoms in total. The monoisotopic (exact) mass is 423 g/mol. The molecule has 0 fully saturated rings. The molecule has 1 aromatic heterocycles. The van der Waals surface area contributed by atoms with E-state index in [9.17, 15) is 4.79 Å². The van der Waals surface area contributed by atoms with Crippen molar-refractivity contribution in [3.05, 3.63) is 74.4 Å². The van der Waals surface area contributed by atoms with Crippen LogP contribution in [-0.4, -0.2) is 15.7 Å². The van der Waals surface area contributed by atoms with E-state index in [0.29, 0.717) is 26.4 Å². The number of aromatic nitrogens is 2. The van der Waals surface area contributed by atoms with Gasteiger partial charge in [-0.1, -0.05) is 40.9 Å². The lowest BCUT2D eigenvalue weighted by Gasteiger charge is -2.12. The summed E-state index contributed by atoms with van der Waals surface area (Å²) in [5, 5.41) is 8.99. The third-order valence-corrected chi connectivity index (χ3v) is 5.78. The Balaban J connectivity index is 1.76. The Morgan fingerprint density at radius 1 is 1.08 bits per heavy atom. The number of hydrogen-bond donors (Lipinski definition) is 1. The minimum absolute atomic E-state index is 0.317. The van der Waals surface area contributed by atoms with Crippen LogP contribution in [0.2, 0.25) is 15.1 Å². The van der Waals surface area contributed by atoms with Crippen molar-refractivity contribution in [3.8, 4) is 5.69 Å². The minimum Gasteiger partial charge on any atom is -0.306 e. The zero-order valence-electron chi connectivity index (χ0n) is 13.3. The van der Waals surface area contributed by atoms with Gasteiger partial charge in [-0.15, -0.1) is 0 Å². The van der Waals surface area contributed by atoms with Gasteiger partial charge in [-0.05, 0) is 36.4 Å². The number of hydrogen-bond acceptors (Lipinski definition) is 3. The number of fused-ring (bicyclic) bond motifs is 1. The molecule has 0 saturated heterocycles. The van der Waals surface area contributed by atoms with Crippen LogP contribution in [0.1, 0.15) is 21.6 Å². The van der Waals surface area contributed by atoms with E-state index < -0.39 is 0 Å². The molecule has 1 aliphatic heterocycles. The van der Waals surface area contributed by atoms with Gasteiger partial charge in [0.15, 0.2) is 0 Å². The first-order valence-corrected chi connectivity index (χ1v) is 10.0. The molecule has 26 heavy (non-hydrogen) atoms. The van der Waals surface area contributed by atoms with Crippen LogP contribution in [0.3, 0.4) is 0 Å². The van der Waals surface area contributed by atoms with Gasteiger partial charge in [-0.25, -0.2) is 4.68 Å². The van der Waals surface area contributed by atoms with Crippen molar-refractivity contribution in [1.82, 2.24) is 9.78 Å². The zero-order valence-corrected chi connectivity index (χ0v) is 16.4. The van der Waals surface area contributed by atoms with E-state index >= 15 is 0 Å². The van der Waals surface area contributed by atoms with Crippen molar-refractivity contribution in [2.75, 3.05) is 5.32 Å². The summed E-state index contributed by atoms with van der Waals surface area (Å²) in [5.74, 6) is 1.90. The van der Waals surface area contributed by atoms with E-state index in [0.717, 1.165) is 28.5 Å². The average molecular weight is 425 g/mol. The summed E-state index contributed by atoms with van der Waals surface area (Å²) in [6.45, 7) is 0. The number of halogens is 3. The lowest BCUT2D eigenvalue weighted by molar-refractivity contribution is 0.102. The number of thioether (sulfide) groups is 1. The maximum absolute atomic E-state index is 12.8. The quantitative estimate of drug-likeness (QED) is 0.575. The Labute approximate surface area is 169 Å². The first kappa shape index (κ1) is 17.7. The van der Waals surface area contributed by atoms with Crippen LogP contribution >= 0.6 is 46.6 Å². The van der Waals surface area contributed by atoms with E-state index in [1.165, 1.54) is 0 Å². The lowest BCUT2D eigenvalue weighted by Crippen LogP contribution is -2.16. The van der Waals surface area contributed by atoms with Gasteiger partial charge in [0.05, 0.1) is 22.0 Å². The van der Waals surface area contributed by atoms with Crippen molar-refractivity contribution in [1.29, 1.82) is 0 Å². The first-order chi connectivity index (χ1) is 12.5. The molecule has 3 aromatic rings. The second-order valence-electron chi connectivity index (χ2n) is 5.74. The van der Waals surface area contributed by atoms with Crippen LogP contribution < -0.4 is 5.32 Å². The van der Waals surface area contributed by atoms with Gasteiger partial charge in [0, 0.05) is 27.1 Å². The highest BCUT2D eigenvalue weighted by Gasteiger charge is 2.25. The average Bonchev–Trinajstić information content (AvgIpc) is 3.19. The summed E-state index contributed by atoms with van der Waals surface area (Å²) in [5.41, 5.74) is 3.07. The van der Waals surface area contributed by atoms with E-state index in [2.05, 4.69) is 10.4 Å². The van der Waals surface area contributed by atoms with Crippen molar-refractivity contribution < 1.29 is 4.79 Å². The summed E-state index contributed by atoms with van der Waals surface area (Å²) in [6, 6.07) is 12.1. The number of anilines is 1. The fraction of sp³-hybridized carbons (Fsp3) is 0.111. The molecule has 0 atom stereocenters. The van der Waals surface area contributed by atoms with Crippen molar-refractivity contribution in [2.45, 2.75) is 11.5 Å². The maximum atomic E-state index is 12.8. The molecule has 0 bridgehead atoms. The number of carbonyl (C=O) groups excluding carboxylic acids is 1. The standard InChI is InChI=1S/C18H12Cl3N3OS/c19-10-2-1-3-12(6-10)24-17(14-8-26-9-16(14)23-24)22-18(25)13-7-11(20)4-5-15(13)21/h1-7H,8-9H2,(H,22,25). The predicted octanol–water partition coefficient (Wildman–Crippen LogP) is 5.83. The SMILES string of the molecule is O=C(Nc1c2c(nn1-c1cccc(Cl)c1)CSC2)c1cc(Cl)ccc1Cl. The predicted molar refractivity (Wildman–Crippen MR) is 108 cm³/mol. The van der Waals surface area contributed by atoms with Crippen LogP contribution in [-0.2, 0) is 11.5 Å².